The van der Waals surface area contributed by atoms with E-state index in [4.69, 9.17) is 14.2 Å². The molecule has 106 valence electrons. The van der Waals surface area contributed by atoms with E-state index in [-0.39, 0.29) is 0 Å². The Morgan fingerprint density at radius 2 is 2.26 bits per heavy atom. The second-order valence-electron chi connectivity index (χ2n) is 4.63. The molecule has 1 unspecified atom stereocenters. The zero-order valence-electron chi connectivity index (χ0n) is 11.4. The Hall–Kier alpha value is -0.780. The molecule has 1 aromatic carbocycles. The van der Waals surface area contributed by atoms with Gasteiger partial charge in [0.2, 0.25) is 6.79 Å². The average Bonchev–Trinajstić information content (AvgIpc) is 2.85. The molecule has 1 aliphatic heterocycles. The van der Waals surface area contributed by atoms with Crippen molar-refractivity contribution in [1.29, 1.82) is 0 Å². The molecule has 0 radical (unpaired) electrons. The van der Waals surface area contributed by atoms with E-state index in [2.05, 4.69) is 34.2 Å². The van der Waals surface area contributed by atoms with Crippen molar-refractivity contribution in [3.63, 3.8) is 0 Å². The van der Waals surface area contributed by atoms with E-state index in [0.717, 1.165) is 42.0 Å². The van der Waals surface area contributed by atoms with Gasteiger partial charge in [-0.25, -0.2) is 0 Å². The minimum absolute atomic E-state index is 0.299. The van der Waals surface area contributed by atoms with Gasteiger partial charge in [-0.15, -0.1) is 0 Å². The molecule has 2 rings (SSSR count). The van der Waals surface area contributed by atoms with Crippen molar-refractivity contribution in [2.75, 3.05) is 20.5 Å². The van der Waals surface area contributed by atoms with Gasteiger partial charge >= 0.3 is 0 Å². The van der Waals surface area contributed by atoms with E-state index in [9.17, 15) is 0 Å². The summed E-state index contributed by atoms with van der Waals surface area (Å²) in [6.07, 6.45) is 2.26. The molecular formula is C14H20BrNO3. The van der Waals surface area contributed by atoms with Crippen LogP contribution in [0.1, 0.15) is 25.3 Å². The third-order valence-electron chi connectivity index (χ3n) is 3.09. The van der Waals surface area contributed by atoms with E-state index in [1.54, 1.807) is 7.11 Å². The zero-order chi connectivity index (χ0) is 13.7. The van der Waals surface area contributed by atoms with Gasteiger partial charge in [-0.3, -0.25) is 0 Å². The fourth-order valence-electron chi connectivity index (χ4n) is 2.18. The zero-order valence-corrected chi connectivity index (χ0v) is 13.0. The van der Waals surface area contributed by atoms with Crippen molar-refractivity contribution in [2.45, 2.75) is 32.4 Å². The third kappa shape index (κ3) is 3.84. The molecule has 0 fully saturated rings. The molecule has 1 atom stereocenters. The normalized spacial score (nSPS) is 14.7. The first-order chi connectivity index (χ1) is 9.24. The summed E-state index contributed by atoms with van der Waals surface area (Å²) in [6.45, 7) is 4.01. The number of nitrogens with one attached hydrogen (secondary N) is 1. The molecule has 1 heterocycles. The van der Waals surface area contributed by atoms with Gasteiger partial charge in [0.05, 0.1) is 11.1 Å². The predicted octanol–water partition coefficient (Wildman–Crippen LogP) is 3.08. The SMILES string of the molecule is CCCC(COC)NCc1cc(Br)c2c(c1)OCO2. The highest BCUT2D eigenvalue weighted by Crippen LogP contribution is 2.39. The fourth-order valence-corrected chi connectivity index (χ4v) is 2.78. The highest BCUT2D eigenvalue weighted by Gasteiger charge is 2.18. The van der Waals surface area contributed by atoms with Gasteiger partial charge in [0.25, 0.3) is 0 Å². The Bertz CT molecular complexity index is 419. The molecule has 19 heavy (non-hydrogen) atoms. The van der Waals surface area contributed by atoms with Crippen LogP contribution in [0.25, 0.3) is 0 Å². The van der Waals surface area contributed by atoms with Crippen LogP contribution < -0.4 is 14.8 Å². The average molecular weight is 330 g/mol. The summed E-state index contributed by atoms with van der Waals surface area (Å²) in [5, 5.41) is 3.51. The molecule has 1 aliphatic rings. The summed E-state index contributed by atoms with van der Waals surface area (Å²) in [7, 11) is 1.74. The van der Waals surface area contributed by atoms with Gasteiger partial charge in [-0.1, -0.05) is 13.3 Å². The molecule has 0 aromatic heterocycles. The van der Waals surface area contributed by atoms with Gasteiger partial charge in [-0.2, -0.15) is 0 Å². The van der Waals surface area contributed by atoms with Crippen molar-refractivity contribution in [1.82, 2.24) is 5.32 Å². The van der Waals surface area contributed by atoms with Crippen LogP contribution in [0.2, 0.25) is 0 Å². The lowest BCUT2D eigenvalue weighted by Gasteiger charge is -2.17. The largest absolute Gasteiger partial charge is 0.454 e. The molecule has 0 bridgehead atoms. The van der Waals surface area contributed by atoms with Crippen LogP contribution in [-0.2, 0) is 11.3 Å². The van der Waals surface area contributed by atoms with E-state index in [1.165, 1.54) is 5.56 Å². The maximum Gasteiger partial charge on any atom is 0.231 e. The molecule has 0 saturated heterocycles. The van der Waals surface area contributed by atoms with Gasteiger partial charge in [0.1, 0.15) is 0 Å². The fraction of sp³-hybridized carbons (Fsp3) is 0.571. The summed E-state index contributed by atoms with van der Waals surface area (Å²) in [4.78, 5) is 0. The summed E-state index contributed by atoms with van der Waals surface area (Å²) >= 11 is 3.51. The van der Waals surface area contributed by atoms with E-state index >= 15 is 0 Å². The molecule has 0 saturated carbocycles. The molecule has 0 spiro atoms. The number of methoxy groups -OCH3 is 1. The number of benzene rings is 1. The quantitative estimate of drug-likeness (QED) is 0.834. The predicted molar refractivity (Wildman–Crippen MR) is 77.7 cm³/mol. The van der Waals surface area contributed by atoms with Crippen LogP contribution in [0, 0.1) is 0 Å². The third-order valence-corrected chi connectivity index (χ3v) is 3.68. The Kier molecular flexibility index (Phi) is 5.48. The molecule has 0 amide bonds. The van der Waals surface area contributed by atoms with Crippen molar-refractivity contribution >= 4 is 15.9 Å². The first-order valence-electron chi connectivity index (χ1n) is 6.55. The number of rotatable bonds is 7. The summed E-state index contributed by atoms with van der Waals surface area (Å²) in [5.41, 5.74) is 1.17. The lowest BCUT2D eigenvalue weighted by molar-refractivity contribution is 0.161. The topological polar surface area (TPSA) is 39.7 Å². The Balaban J connectivity index is 1.97. The van der Waals surface area contributed by atoms with Crippen molar-refractivity contribution in [3.8, 4) is 11.5 Å². The van der Waals surface area contributed by atoms with Gasteiger partial charge in [0.15, 0.2) is 11.5 Å². The number of ether oxygens (including phenoxy) is 3. The number of halogens is 1. The van der Waals surface area contributed by atoms with Crippen LogP contribution >= 0.6 is 15.9 Å². The second kappa shape index (κ2) is 7.12. The van der Waals surface area contributed by atoms with Gasteiger partial charge in [-0.05, 0) is 40.0 Å². The maximum absolute atomic E-state index is 5.42. The van der Waals surface area contributed by atoms with Crippen molar-refractivity contribution < 1.29 is 14.2 Å². The Morgan fingerprint density at radius 3 is 3.00 bits per heavy atom. The van der Waals surface area contributed by atoms with Crippen LogP contribution in [0.3, 0.4) is 0 Å². The smallest absolute Gasteiger partial charge is 0.231 e. The Labute approximate surface area is 122 Å². The van der Waals surface area contributed by atoms with Crippen LogP contribution in [0.15, 0.2) is 16.6 Å². The van der Waals surface area contributed by atoms with Gasteiger partial charge < -0.3 is 19.5 Å². The molecule has 4 nitrogen and oxygen atoms in total. The second-order valence-corrected chi connectivity index (χ2v) is 5.49. The molecule has 1 N–H and O–H groups in total. The molecule has 1 aromatic rings. The molecule has 0 aliphatic carbocycles. The van der Waals surface area contributed by atoms with Crippen LogP contribution in [0.5, 0.6) is 11.5 Å². The number of hydrogen-bond donors (Lipinski definition) is 1. The minimum Gasteiger partial charge on any atom is -0.454 e. The number of hydrogen-bond acceptors (Lipinski definition) is 4. The standard InChI is InChI=1S/C14H20BrNO3/c1-3-4-11(8-17-2)16-7-10-5-12(15)14-13(6-10)18-9-19-14/h5-6,11,16H,3-4,7-9H2,1-2H3. The number of fused-ring (bicyclic) bond motifs is 1. The first-order valence-corrected chi connectivity index (χ1v) is 7.34. The highest BCUT2D eigenvalue weighted by atomic mass is 79.9. The van der Waals surface area contributed by atoms with Crippen molar-refractivity contribution in [3.05, 3.63) is 22.2 Å². The highest BCUT2D eigenvalue weighted by molar-refractivity contribution is 9.10. The van der Waals surface area contributed by atoms with Crippen LogP contribution in [0.4, 0.5) is 0 Å². The first kappa shape index (κ1) is 14.6. The van der Waals surface area contributed by atoms with E-state index in [0.29, 0.717) is 12.8 Å². The molecule has 5 heteroatoms. The summed E-state index contributed by atoms with van der Waals surface area (Å²) in [6, 6.07) is 4.48. The lowest BCUT2D eigenvalue weighted by atomic mass is 10.1. The van der Waals surface area contributed by atoms with E-state index < -0.39 is 0 Å². The van der Waals surface area contributed by atoms with E-state index in [1.807, 2.05) is 6.07 Å². The van der Waals surface area contributed by atoms with Gasteiger partial charge in [0, 0.05) is 19.7 Å². The van der Waals surface area contributed by atoms with Crippen molar-refractivity contribution in [2.24, 2.45) is 0 Å². The lowest BCUT2D eigenvalue weighted by Crippen LogP contribution is -2.32. The minimum atomic E-state index is 0.299. The monoisotopic (exact) mass is 329 g/mol. The summed E-state index contributed by atoms with van der Waals surface area (Å²) in [5.74, 6) is 1.61. The Morgan fingerprint density at radius 1 is 1.42 bits per heavy atom. The summed E-state index contributed by atoms with van der Waals surface area (Å²) < 4.78 is 17.0. The van der Waals surface area contributed by atoms with Crippen LogP contribution in [-0.4, -0.2) is 26.6 Å². The maximum atomic E-state index is 5.42. The molecular weight excluding hydrogens is 310 g/mol.